The highest BCUT2D eigenvalue weighted by Gasteiger charge is 2.39. The number of amidine groups is 1. The standard InChI is InChI=1S/C16H12N2O5S/c19-13(20)9-12-15(22)18(10-5-2-1-3-6-10)16(24-12)17-14(21)11-7-4-8-23-11/h1-8,12H,9H2,(H,19,20)/p-1/t12-/m1/s1. The number of rotatable bonds is 4. The number of carbonyl (C=O) groups is 3. The van der Waals surface area contributed by atoms with E-state index < -0.39 is 29.5 Å². The first-order valence-corrected chi connectivity index (χ1v) is 7.86. The molecule has 1 saturated heterocycles. The summed E-state index contributed by atoms with van der Waals surface area (Å²) in [7, 11) is 0. The van der Waals surface area contributed by atoms with Gasteiger partial charge in [-0.2, -0.15) is 4.99 Å². The molecule has 24 heavy (non-hydrogen) atoms. The van der Waals surface area contributed by atoms with Gasteiger partial charge in [-0.3, -0.25) is 14.5 Å². The first-order chi connectivity index (χ1) is 11.6. The van der Waals surface area contributed by atoms with Crippen molar-refractivity contribution in [2.24, 2.45) is 4.99 Å². The maximum absolute atomic E-state index is 12.5. The number of para-hydroxylation sites is 1. The fourth-order valence-corrected chi connectivity index (χ4v) is 3.30. The summed E-state index contributed by atoms with van der Waals surface area (Å²) in [6.45, 7) is 0. The molecular formula is C16H11N2O5S-. The van der Waals surface area contributed by atoms with E-state index in [1.165, 1.54) is 17.2 Å². The normalized spacial score (nSPS) is 19.0. The van der Waals surface area contributed by atoms with Crippen molar-refractivity contribution in [3.8, 4) is 0 Å². The lowest BCUT2D eigenvalue weighted by Gasteiger charge is -2.16. The number of carbonyl (C=O) groups excluding carboxylic acids is 3. The highest BCUT2D eigenvalue weighted by atomic mass is 32.2. The Labute approximate surface area is 141 Å². The molecule has 8 heteroatoms. The first kappa shape index (κ1) is 16.0. The van der Waals surface area contributed by atoms with Crippen LogP contribution in [-0.2, 0) is 9.59 Å². The molecule has 1 aliphatic rings. The van der Waals surface area contributed by atoms with Crippen molar-refractivity contribution >= 4 is 40.4 Å². The van der Waals surface area contributed by atoms with Gasteiger partial charge in [0.1, 0.15) is 0 Å². The predicted molar refractivity (Wildman–Crippen MR) is 85.4 cm³/mol. The molecule has 0 saturated carbocycles. The Hall–Kier alpha value is -2.87. The van der Waals surface area contributed by atoms with Gasteiger partial charge in [0.05, 0.1) is 17.2 Å². The van der Waals surface area contributed by atoms with Crippen molar-refractivity contribution < 1.29 is 23.9 Å². The highest BCUT2D eigenvalue weighted by molar-refractivity contribution is 8.16. The fraction of sp³-hybridized carbons (Fsp3) is 0.125. The largest absolute Gasteiger partial charge is 0.550 e. The molecule has 1 atom stereocenters. The Morgan fingerprint density at radius 3 is 2.58 bits per heavy atom. The Balaban J connectivity index is 1.96. The number of anilines is 1. The fourth-order valence-electron chi connectivity index (χ4n) is 2.18. The summed E-state index contributed by atoms with van der Waals surface area (Å²) in [6.07, 6.45) is 0.884. The second-order valence-electron chi connectivity index (χ2n) is 4.87. The molecule has 0 unspecified atom stereocenters. The van der Waals surface area contributed by atoms with Crippen LogP contribution in [0, 0.1) is 0 Å². The van der Waals surface area contributed by atoms with Crippen molar-refractivity contribution in [2.75, 3.05) is 4.90 Å². The summed E-state index contributed by atoms with van der Waals surface area (Å²) in [5.41, 5.74) is 0.502. The summed E-state index contributed by atoms with van der Waals surface area (Å²) < 4.78 is 4.99. The van der Waals surface area contributed by atoms with Gasteiger partial charge in [0, 0.05) is 12.4 Å². The third kappa shape index (κ3) is 3.23. The second kappa shape index (κ2) is 6.71. The van der Waals surface area contributed by atoms with E-state index >= 15 is 0 Å². The summed E-state index contributed by atoms with van der Waals surface area (Å²) in [6, 6.07) is 11.6. The predicted octanol–water partition coefficient (Wildman–Crippen LogP) is 1.06. The molecule has 7 nitrogen and oxygen atoms in total. The van der Waals surface area contributed by atoms with Crippen LogP contribution < -0.4 is 10.0 Å². The summed E-state index contributed by atoms with van der Waals surface area (Å²) in [5, 5.41) is 10.1. The smallest absolute Gasteiger partial charge is 0.315 e. The van der Waals surface area contributed by atoms with E-state index in [1.807, 2.05) is 0 Å². The van der Waals surface area contributed by atoms with Crippen LogP contribution in [0.1, 0.15) is 17.0 Å². The molecule has 0 aliphatic carbocycles. The zero-order chi connectivity index (χ0) is 17.1. The number of nitrogens with zero attached hydrogens (tertiary/aromatic N) is 2. The molecule has 2 amide bonds. The van der Waals surface area contributed by atoms with Gasteiger partial charge in [-0.25, -0.2) is 0 Å². The van der Waals surface area contributed by atoms with E-state index in [-0.39, 0.29) is 10.9 Å². The zero-order valence-corrected chi connectivity index (χ0v) is 13.1. The molecule has 0 radical (unpaired) electrons. The topological polar surface area (TPSA) is 103 Å². The van der Waals surface area contributed by atoms with E-state index in [4.69, 9.17) is 4.42 Å². The second-order valence-corrected chi connectivity index (χ2v) is 6.04. The molecule has 2 heterocycles. The average molecular weight is 343 g/mol. The van der Waals surface area contributed by atoms with Crippen LogP contribution in [-0.4, -0.2) is 28.2 Å². The first-order valence-electron chi connectivity index (χ1n) is 6.98. The zero-order valence-electron chi connectivity index (χ0n) is 12.2. The van der Waals surface area contributed by atoms with Gasteiger partial charge in [0.2, 0.25) is 5.91 Å². The van der Waals surface area contributed by atoms with Crippen LogP contribution >= 0.6 is 11.8 Å². The number of hydrogen-bond donors (Lipinski definition) is 0. The monoisotopic (exact) mass is 343 g/mol. The number of furan rings is 1. The Morgan fingerprint density at radius 2 is 1.96 bits per heavy atom. The van der Waals surface area contributed by atoms with Gasteiger partial charge in [-0.15, -0.1) is 0 Å². The van der Waals surface area contributed by atoms with E-state index in [2.05, 4.69) is 4.99 Å². The lowest BCUT2D eigenvalue weighted by atomic mass is 10.2. The third-order valence-corrected chi connectivity index (χ3v) is 4.37. The van der Waals surface area contributed by atoms with Crippen LogP contribution in [0.15, 0.2) is 58.1 Å². The minimum atomic E-state index is -1.34. The van der Waals surface area contributed by atoms with E-state index in [1.54, 1.807) is 36.4 Å². The number of aliphatic carboxylic acids is 1. The summed E-state index contributed by atoms with van der Waals surface area (Å²) in [4.78, 5) is 40.6. The van der Waals surface area contributed by atoms with Crippen molar-refractivity contribution in [2.45, 2.75) is 11.7 Å². The molecule has 0 bridgehead atoms. The van der Waals surface area contributed by atoms with Crippen molar-refractivity contribution in [3.05, 3.63) is 54.5 Å². The summed E-state index contributed by atoms with van der Waals surface area (Å²) in [5.74, 6) is -2.41. The number of aliphatic imine (C=N–C) groups is 1. The lowest BCUT2D eigenvalue weighted by molar-refractivity contribution is -0.305. The Kier molecular flexibility index (Phi) is 4.48. The molecule has 122 valence electrons. The number of carboxylic acids is 1. The molecule has 0 spiro atoms. The maximum Gasteiger partial charge on any atom is 0.315 e. The number of hydrogen-bond acceptors (Lipinski definition) is 6. The van der Waals surface area contributed by atoms with Gasteiger partial charge in [0.25, 0.3) is 0 Å². The van der Waals surface area contributed by atoms with Gasteiger partial charge in [0.15, 0.2) is 10.9 Å². The summed E-state index contributed by atoms with van der Waals surface area (Å²) >= 11 is 0.919. The van der Waals surface area contributed by atoms with Crippen molar-refractivity contribution in [1.82, 2.24) is 0 Å². The van der Waals surface area contributed by atoms with Gasteiger partial charge in [-0.1, -0.05) is 30.0 Å². The number of benzene rings is 1. The molecule has 1 aliphatic heterocycles. The molecule has 1 fully saturated rings. The number of amides is 2. The molecular weight excluding hydrogens is 332 g/mol. The van der Waals surface area contributed by atoms with Gasteiger partial charge < -0.3 is 14.3 Å². The van der Waals surface area contributed by atoms with Crippen LogP contribution in [0.3, 0.4) is 0 Å². The third-order valence-electron chi connectivity index (χ3n) is 3.23. The van der Waals surface area contributed by atoms with Crippen LogP contribution in [0.25, 0.3) is 0 Å². The van der Waals surface area contributed by atoms with Crippen molar-refractivity contribution in [3.63, 3.8) is 0 Å². The van der Waals surface area contributed by atoms with Crippen LogP contribution in [0.5, 0.6) is 0 Å². The SMILES string of the molecule is O=C([O-])C[C@H]1SC(=NC(=O)c2ccco2)N(c2ccccc2)C1=O. The van der Waals surface area contributed by atoms with Crippen molar-refractivity contribution in [1.29, 1.82) is 0 Å². The Morgan fingerprint density at radius 1 is 1.21 bits per heavy atom. The minimum absolute atomic E-state index is 0.0342. The van der Waals surface area contributed by atoms with Gasteiger partial charge >= 0.3 is 5.91 Å². The molecule has 2 aromatic rings. The molecule has 1 aromatic heterocycles. The molecule has 1 aromatic carbocycles. The minimum Gasteiger partial charge on any atom is -0.550 e. The van der Waals surface area contributed by atoms with Crippen LogP contribution in [0.4, 0.5) is 5.69 Å². The lowest BCUT2D eigenvalue weighted by Crippen LogP contribution is -2.35. The number of carboxylic acid groups (broad SMARTS) is 1. The quantitative estimate of drug-likeness (QED) is 0.822. The molecule has 3 rings (SSSR count). The van der Waals surface area contributed by atoms with E-state index in [9.17, 15) is 19.5 Å². The maximum atomic E-state index is 12.5. The van der Waals surface area contributed by atoms with E-state index in [0.717, 1.165) is 11.8 Å². The number of thioether (sulfide) groups is 1. The van der Waals surface area contributed by atoms with Gasteiger partial charge in [-0.05, 0) is 24.3 Å². The Bertz CT molecular complexity index is 801. The van der Waals surface area contributed by atoms with Crippen LogP contribution in [0.2, 0.25) is 0 Å². The van der Waals surface area contributed by atoms with E-state index in [0.29, 0.717) is 5.69 Å². The average Bonchev–Trinajstić information content (AvgIpc) is 3.17. The molecule has 0 N–H and O–H groups in total. The highest BCUT2D eigenvalue weighted by Crippen LogP contribution is 2.33.